The molecule has 1 saturated heterocycles. The molecule has 1 amide bonds. The molecule has 0 spiro atoms. The number of aromatic amines is 1. The van der Waals surface area contributed by atoms with Crippen molar-refractivity contribution in [2.24, 2.45) is 0 Å². The molecule has 1 aromatic carbocycles. The van der Waals surface area contributed by atoms with E-state index in [0.29, 0.717) is 25.7 Å². The first-order valence-corrected chi connectivity index (χ1v) is 8.79. The molecule has 2 N–H and O–H groups in total. The number of carbonyl (C=O) groups excluding carboxylic acids is 1. The molecule has 1 atom stereocenters. The first-order valence-electron chi connectivity index (χ1n) is 8.79. The van der Waals surface area contributed by atoms with Crippen molar-refractivity contribution < 1.29 is 9.53 Å². The lowest BCUT2D eigenvalue weighted by atomic mass is 10.0. The van der Waals surface area contributed by atoms with Crippen LogP contribution in [-0.2, 0) is 4.74 Å². The summed E-state index contributed by atoms with van der Waals surface area (Å²) < 4.78 is 5.08. The molecule has 2 aromatic rings. The average Bonchev–Trinajstić information content (AvgIpc) is 3.07. The minimum absolute atomic E-state index is 0.0645. The summed E-state index contributed by atoms with van der Waals surface area (Å²) >= 11 is 0. The van der Waals surface area contributed by atoms with Crippen LogP contribution in [0.5, 0.6) is 0 Å². The molecule has 1 aliphatic rings. The summed E-state index contributed by atoms with van der Waals surface area (Å²) in [4.78, 5) is 18.1. The van der Waals surface area contributed by atoms with Crippen molar-refractivity contribution in [3.05, 3.63) is 47.5 Å². The van der Waals surface area contributed by atoms with E-state index in [1.165, 1.54) is 0 Å². The van der Waals surface area contributed by atoms with Crippen LogP contribution in [0.2, 0.25) is 0 Å². The van der Waals surface area contributed by atoms with Crippen LogP contribution < -0.4 is 5.32 Å². The van der Waals surface area contributed by atoms with Crippen LogP contribution in [-0.4, -0.2) is 51.9 Å². The number of hydrogen-bond donors (Lipinski definition) is 2. The van der Waals surface area contributed by atoms with Crippen molar-refractivity contribution in [3.63, 3.8) is 0 Å². The Bertz CT molecular complexity index is 680. The summed E-state index contributed by atoms with van der Waals surface area (Å²) in [5, 5.41) is 10.9. The molecule has 0 saturated carbocycles. The average molecular weight is 343 g/mol. The van der Waals surface area contributed by atoms with Gasteiger partial charge in [-0.15, -0.1) is 0 Å². The lowest BCUT2D eigenvalue weighted by Gasteiger charge is -2.33. The van der Waals surface area contributed by atoms with Crippen LogP contribution in [0, 0.1) is 6.92 Å². The number of benzene rings is 1. The fourth-order valence-corrected chi connectivity index (χ4v) is 3.13. The third-order valence-electron chi connectivity index (χ3n) is 4.43. The van der Waals surface area contributed by atoms with E-state index in [9.17, 15) is 4.79 Å². The number of ether oxygens (including phenoxy) is 1. The fourth-order valence-electron chi connectivity index (χ4n) is 3.13. The summed E-state index contributed by atoms with van der Waals surface area (Å²) in [5.74, 6) is 1.55. The van der Waals surface area contributed by atoms with Crippen LogP contribution in [0.15, 0.2) is 30.3 Å². The van der Waals surface area contributed by atoms with Gasteiger partial charge in [-0.3, -0.25) is 5.10 Å². The summed E-state index contributed by atoms with van der Waals surface area (Å²) in [6.07, 6.45) is 1.54. The van der Waals surface area contributed by atoms with Gasteiger partial charge in [0.05, 0.1) is 12.6 Å². The lowest BCUT2D eigenvalue weighted by Crippen LogP contribution is -2.46. The van der Waals surface area contributed by atoms with Crippen LogP contribution in [0.25, 0.3) is 0 Å². The van der Waals surface area contributed by atoms with Gasteiger partial charge in [0, 0.05) is 19.1 Å². The van der Waals surface area contributed by atoms with Gasteiger partial charge in [-0.05, 0) is 32.3 Å². The predicted molar refractivity (Wildman–Crippen MR) is 94.2 cm³/mol. The quantitative estimate of drug-likeness (QED) is 0.871. The minimum Gasteiger partial charge on any atom is -0.450 e. The zero-order valence-corrected chi connectivity index (χ0v) is 14.7. The van der Waals surface area contributed by atoms with Gasteiger partial charge in [0.1, 0.15) is 5.82 Å². The van der Waals surface area contributed by atoms with E-state index in [0.717, 1.165) is 30.1 Å². The Balaban J connectivity index is 1.67. The highest BCUT2D eigenvalue weighted by Gasteiger charge is 2.27. The zero-order chi connectivity index (χ0) is 17.6. The Labute approximate surface area is 147 Å². The van der Waals surface area contributed by atoms with Gasteiger partial charge < -0.3 is 15.0 Å². The van der Waals surface area contributed by atoms with Crippen LogP contribution in [0.4, 0.5) is 4.79 Å². The Morgan fingerprint density at radius 2 is 2.08 bits per heavy atom. The number of nitrogens with zero attached hydrogens (tertiary/aromatic N) is 3. The Hall–Kier alpha value is -2.41. The SMILES string of the molecule is CCOC(=O)N1CCC(N[C@H](c2ccccc2)c2n[nH]c(C)n2)CC1. The van der Waals surface area contributed by atoms with Gasteiger partial charge in [0.25, 0.3) is 0 Å². The number of H-pyrrole nitrogens is 1. The number of piperidine rings is 1. The Morgan fingerprint density at radius 1 is 1.36 bits per heavy atom. The molecule has 3 rings (SSSR count). The second-order valence-corrected chi connectivity index (χ2v) is 6.25. The molecule has 0 unspecified atom stereocenters. The largest absolute Gasteiger partial charge is 0.450 e. The molecule has 134 valence electrons. The van der Waals surface area contributed by atoms with E-state index in [1.54, 1.807) is 4.90 Å². The third-order valence-corrected chi connectivity index (χ3v) is 4.43. The number of rotatable bonds is 5. The molecule has 0 aliphatic carbocycles. The van der Waals surface area contributed by atoms with E-state index in [1.807, 2.05) is 32.0 Å². The highest BCUT2D eigenvalue weighted by atomic mass is 16.6. The van der Waals surface area contributed by atoms with Crippen LogP contribution in [0.3, 0.4) is 0 Å². The van der Waals surface area contributed by atoms with Crippen LogP contribution in [0.1, 0.15) is 43.0 Å². The zero-order valence-electron chi connectivity index (χ0n) is 14.7. The number of aromatic nitrogens is 3. The molecule has 0 bridgehead atoms. The summed E-state index contributed by atoms with van der Waals surface area (Å²) in [7, 11) is 0. The molecule has 1 aromatic heterocycles. The fraction of sp³-hybridized carbons (Fsp3) is 0.500. The van der Waals surface area contributed by atoms with E-state index < -0.39 is 0 Å². The summed E-state index contributed by atoms with van der Waals surface area (Å²) in [6.45, 7) is 5.54. The summed E-state index contributed by atoms with van der Waals surface area (Å²) in [5.41, 5.74) is 1.13. The van der Waals surface area contributed by atoms with Crippen molar-refractivity contribution in [1.82, 2.24) is 25.4 Å². The number of aryl methyl sites for hydroxylation is 1. The van der Waals surface area contributed by atoms with Gasteiger partial charge in [0.2, 0.25) is 0 Å². The van der Waals surface area contributed by atoms with E-state index in [4.69, 9.17) is 4.74 Å². The number of nitrogens with one attached hydrogen (secondary N) is 2. The topological polar surface area (TPSA) is 83.1 Å². The van der Waals surface area contributed by atoms with Crippen molar-refractivity contribution in [2.75, 3.05) is 19.7 Å². The van der Waals surface area contributed by atoms with Crippen molar-refractivity contribution in [2.45, 2.75) is 38.8 Å². The first-order chi connectivity index (χ1) is 12.2. The van der Waals surface area contributed by atoms with Gasteiger partial charge in [0.15, 0.2) is 5.82 Å². The van der Waals surface area contributed by atoms with Crippen molar-refractivity contribution in [1.29, 1.82) is 0 Å². The normalized spacial score (nSPS) is 16.6. The molecule has 1 fully saturated rings. The summed E-state index contributed by atoms with van der Waals surface area (Å²) in [6, 6.07) is 10.4. The highest BCUT2D eigenvalue weighted by Crippen LogP contribution is 2.22. The molecule has 7 heteroatoms. The monoisotopic (exact) mass is 343 g/mol. The van der Waals surface area contributed by atoms with E-state index >= 15 is 0 Å². The number of carbonyl (C=O) groups is 1. The van der Waals surface area contributed by atoms with Gasteiger partial charge >= 0.3 is 6.09 Å². The first kappa shape index (κ1) is 17.4. The molecule has 7 nitrogen and oxygen atoms in total. The molecule has 0 radical (unpaired) electrons. The predicted octanol–water partition coefficient (Wildman–Crippen LogP) is 2.41. The van der Waals surface area contributed by atoms with Crippen molar-refractivity contribution >= 4 is 6.09 Å². The van der Waals surface area contributed by atoms with Gasteiger partial charge in [-0.25, -0.2) is 9.78 Å². The number of likely N-dealkylation sites (tertiary alicyclic amines) is 1. The Kier molecular flexibility index (Phi) is 5.65. The maximum Gasteiger partial charge on any atom is 0.409 e. The lowest BCUT2D eigenvalue weighted by molar-refractivity contribution is 0.0944. The molecular formula is C18H25N5O2. The smallest absolute Gasteiger partial charge is 0.409 e. The van der Waals surface area contributed by atoms with Crippen molar-refractivity contribution in [3.8, 4) is 0 Å². The molecule has 2 heterocycles. The number of hydrogen-bond acceptors (Lipinski definition) is 5. The van der Waals surface area contributed by atoms with Gasteiger partial charge in [-0.2, -0.15) is 5.10 Å². The van der Waals surface area contributed by atoms with Crippen LogP contribution >= 0.6 is 0 Å². The standard InChI is InChI=1S/C18H25N5O2/c1-3-25-18(24)23-11-9-15(10-12-23)20-16(14-7-5-4-6-8-14)17-19-13(2)21-22-17/h4-8,15-16,20H,3,9-12H2,1-2H3,(H,19,21,22)/t16-/m1/s1. The minimum atomic E-state index is -0.217. The second-order valence-electron chi connectivity index (χ2n) is 6.25. The molecule has 25 heavy (non-hydrogen) atoms. The van der Waals surface area contributed by atoms with E-state index in [2.05, 4.69) is 32.6 Å². The maximum atomic E-state index is 11.8. The van der Waals surface area contributed by atoms with Gasteiger partial charge in [-0.1, -0.05) is 30.3 Å². The third kappa shape index (κ3) is 4.36. The molecule has 1 aliphatic heterocycles. The number of amides is 1. The molecular weight excluding hydrogens is 318 g/mol. The second kappa shape index (κ2) is 8.11. The Morgan fingerprint density at radius 3 is 2.68 bits per heavy atom. The highest BCUT2D eigenvalue weighted by molar-refractivity contribution is 5.67. The van der Waals surface area contributed by atoms with E-state index in [-0.39, 0.29) is 12.1 Å². The maximum absolute atomic E-state index is 11.8.